The molecule has 1 amide bonds. The fourth-order valence-corrected chi connectivity index (χ4v) is 3.45. The molecule has 1 aromatic rings. The van der Waals surface area contributed by atoms with E-state index in [0.717, 1.165) is 0 Å². The topological polar surface area (TPSA) is 92.9 Å². The van der Waals surface area contributed by atoms with Crippen LogP contribution in [0.1, 0.15) is 5.76 Å². The average Bonchev–Trinajstić information content (AvgIpc) is 3.10. The maximum absolute atomic E-state index is 12.6. The van der Waals surface area contributed by atoms with Crippen LogP contribution in [-0.4, -0.2) is 40.4 Å². The van der Waals surface area contributed by atoms with Gasteiger partial charge in [0.25, 0.3) is 0 Å². The van der Waals surface area contributed by atoms with Crippen molar-refractivity contribution in [2.24, 2.45) is 11.8 Å². The highest BCUT2D eigenvalue weighted by molar-refractivity contribution is 6.01. The molecular formula is C13H12N2O5. The summed E-state index contributed by atoms with van der Waals surface area (Å²) < 4.78 is 10.8. The van der Waals surface area contributed by atoms with Crippen molar-refractivity contribution in [2.75, 3.05) is 11.4 Å². The highest BCUT2D eigenvalue weighted by atomic mass is 16.5. The highest BCUT2D eigenvalue weighted by Gasteiger charge is 2.67. The number of rotatable bonds is 2. The van der Waals surface area contributed by atoms with E-state index in [1.807, 2.05) is 6.08 Å². The van der Waals surface area contributed by atoms with Gasteiger partial charge in [-0.1, -0.05) is 17.3 Å². The number of aliphatic carboxylic acids is 1. The van der Waals surface area contributed by atoms with Crippen LogP contribution in [0, 0.1) is 18.8 Å². The number of hydrogen-bond acceptors (Lipinski definition) is 5. The first-order valence-electron chi connectivity index (χ1n) is 6.36. The van der Waals surface area contributed by atoms with E-state index in [1.165, 1.54) is 4.90 Å². The van der Waals surface area contributed by atoms with E-state index in [2.05, 4.69) is 5.16 Å². The lowest BCUT2D eigenvalue weighted by atomic mass is 9.77. The largest absolute Gasteiger partial charge is 0.481 e. The fourth-order valence-electron chi connectivity index (χ4n) is 3.45. The zero-order valence-electron chi connectivity index (χ0n) is 10.6. The number of carboxylic acids is 1. The SMILES string of the molecule is Cc1cc(N2C[C@@]34C=C[C@H](O3)[C@H](C(=O)O)[C@@H]4C2=O)no1. The lowest BCUT2D eigenvalue weighted by Crippen LogP contribution is -2.39. The van der Waals surface area contributed by atoms with Crippen LogP contribution in [-0.2, 0) is 14.3 Å². The van der Waals surface area contributed by atoms with E-state index >= 15 is 0 Å². The summed E-state index contributed by atoms with van der Waals surface area (Å²) in [4.78, 5) is 25.4. The first kappa shape index (κ1) is 11.7. The average molecular weight is 276 g/mol. The molecule has 1 spiro atoms. The lowest BCUT2D eigenvalue weighted by molar-refractivity contribution is -0.146. The minimum atomic E-state index is -1.00. The zero-order chi connectivity index (χ0) is 14.1. The van der Waals surface area contributed by atoms with Crippen molar-refractivity contribution in [1.29, 1.82) is 0 Å². The van der Waals surface area contributed by atoms with Crippen molar-refractivity contribution in [2.45, 2.75) is 18.6 Å². The molecule has 7 heteroatoms. The Balaban J connectivity index is 1.75. The van der Waals surface area contributed by atoms with Gasteiger partial charge in [-0.3, -0.25) is 14.5 Å². The van der Waals surface area contributed by atoms with E-state index in [0.29, 0.717) is 11.6 Å². The number of aromatic nitrogens is 1. The van der Waals surface area contributed by atoms with Gasteiger partial charge < -0.3 is 14.4 Å². The van der Waals surface area contributed by atoms with Crippen molar-refractivity contribution in [1.82, 2.24) is 5.16 Å². The number of hydrogen-bond donors (Lipinski definition) is 1. The van der Waals surface area contributed by atoms with Crippen LogP contribution in [0.4, 0.5) is 5.82 Å². The number of carbonyl (C=O) groups is 2. The molecule has 4 rings (SSSR count). The second kappa shape index (κ2) is 3.49. The van der Waals surface area contributed by atoms with Crippen LogP contribution in [0.3, 0.4) is 0 Å². The smallest absolute Gasteiger partial charge is 0.310 e. The molecular weight excluding hydrogens is 264 g/mol. The van der Waals surface area contributed by atoms with Gasteiger partial charge >= 0.3 is 5.97 Å². The Labute approximate surface area is 113 Å². The van der Waals surface area contributed by atoms with Crippen molar-refractivity contribution in [3.05, 3.63) is 24.0 Å². The van der Waals surface area contributed by atoms with Gasteiger partial charge in [-0.2, -0.15) is 0 Å². The minimum Gasteiger partial charge on any atom is -0.481 e. The molecule has 0 unspecified atom stereocenters. The Morgan fingerprint density at radius 3 is 3.05 bits per heavy atom. The normalized spacial score (nSPS) is 37.8. The third kappa shape index (κ3) is 1.25. The number of anilines is 1. The maximum Gasteiger partial charge on any atom is 0.310 e. The third-order valence-corrected chi connectivity index (χ3v) is 4.28. The summed E-state index contributed by atoms with van der Waals surface area (Å²) in [7, 11) is 0. The van der Waals surface area contributed by atoms with Gasteiger partial charge in [0.1, 0.15) is 17.3 Å². The fraction of sp³-hybridized carbons (Fsp3) is 0.462. The van der Waals surface area contributed by atoms with Crippen LogP contribution < -0.4 is 4.90 Å². The van der Waals surface area contributed by atoms with E-state index < -0.39 is 29.5 Å². The summed E-state index contributed by atoms with van der Waals surface area (Å²) in [6.07, 6.45) is 3.04. The van der Waals surface area contributed by atoms with E-state index in [4.69, 9.17) is 9.26 Å². The Morgan fingerprint density at radius 2 is 2.40 bits per heavy atom. The van der Waals surface area contributed by atoms with Crippen LogP contribution in [0.5, 0.6) is 0 Å². The molecule has 0 saturated carbocycles. The number of nitrogens with zero attached hydrogens (tertiary/aromatic N) is 2. The molecule has 1 N–H and O–H groups in total. The Bertz CT molecular complexity index is 651. The van der Waals surface area contributed by atoms with Crippen molar-refractivity contribution in [3.63, 3.8) is 0 Å². The van der Waals surface area contributed by atoms with Crippen molar-refractivity contribution >= 4 is 17.7 Å². The molecule has 104 valence electrons. The highest BCUT2D eigenvalue weighted by Crippen LogP contribution is 2.52. The number of carboxylic acid groups (broad SMARTS) is 1. The molecule has 1 aromatic heterocycles. The minimum absolute atomic E-state index is 0.266. The predicted molar refractivity (Wildman–Crippen MR) is 65.0 cm³/mol. The second-order valence-corrected chi connectivity index (χ2v) is 5.46. The van der Waals surface area contributed by atoms with Gasteiger partial charge in [0.2, 0.25) is 5.91 Å². The van der Waals surface area contributed by atoms with Gasteiger partial charge in [-0.15, -0.1) is 0 Å². The summed E-state index contributed by atoms with van der Waals surface area (Å²) in [5.41, 5.74) is -0.836. The van der Waals surface area contributed by atoms with Crippen molar-refractivity contribution in [3.8, 4) is 0 Å². The third-order valence-electron chi connectivity index (χ3n) is 4.28. The zero-order valence-corrected chi connectivity index (χ0v) is 10.6. The molecule has 4 atom stereocenters. The van der Waals surface area contributed by atoms with E-state index in [9.17, 15) is 14.7 Å². The first-order valence-corrected chi connectivity index (χ1v) is 6.36. The van der Waals surface area contributed by atoms with Crippen molar-refractivity contribution < 1.29 is 24.0 Å². The van der Waals surface area contributed by atoms with Crippen LogP contribution in [0.2, 0.25) is 0 Å². The number of fused-ring (bicyclic) bond motifs is 1. The Hall–Kier alpha value is -2.15. The standard InChI is InChI=1S/C13H12N2O5/c1-6-4-8(14-20-6)15-5-13-3-2-7(19-13)9(12(17)18)10(13)11(15)16/h2-4,7,9-10H,5H2,1H3,(H,17,18)/t7-,9-,10+,13+/m0/s1. The molecule has 0 aliphatic carbocycles. The summed E-state index contributed by atoms with van der Waals surface area (Å²) in [5, 5.41) is 13.2. The molecule has 0 radical (unpaired) electrons. The summed E-state index contributed by atoms with van der Waals surface area (Å²) in [5.74, 6) is -1.79. The predicted octanol–water partition coefficient (Wildman–Crippen LogP) is 0.354. The van der Waals surface area contributed by atoms with E-state index in [-0.39, 0.29) is 12.5 Å². The summed E-state index contributed by atoms with van der Waals surface area (Å²) in [6.45, 7) is 2.01. The molecule has 2 saturated heterocycles. The lowest BCUT2D eigenvalue weighted by Gasteiger charge is -2.21. The molecule has 3 aliphatic rings. The number of aryl methyl sites for hydroxylation is 1. The maximum atomic E-state index is 12.6. The van der Waals surface area contributed by atoms with Gasteiger partial charge in [-0.25, -0.2) is 0 Å². The number of carbonyl (C=O) groups excluding carboxylic acids is 1. The number of ether oxygens (including phenoxy) is 1. The monoisotopic (exact) mass is 276 g/mol. The van der Waals surface area contributed by atoms with E-state index in [1.54, 1.807) is 19.1 Å². The molecule has 2 fully saturated rings. The van der Waals surface area contributed by atoms with Crippen LogP contribution >= 0.6 is 0 Å². The molecule has 2 bridgehead atoms. The molecule has 20 heavy (non-hydrogen) atoms. The van der Waals surface area contributed by atoms with Gasteiger partial charge in [0.05, 0.1) is 18.6 Å². The Kier molecular flexibility index (Phi) is 2.03. The summed E-state index contributed by atoms with van der Waals surface area (Å²) in [6, 6.07) is 1.65. The quantitative estimate of drug-likeness (QED) is 0.784. The molecule has 0 aromatic carbocycles. The van der Waals surface area contributed by atoms with Gasteiger partial charge in [0.15, 0.2) is 5.82 Å². The summed E-state index contributed by atoms with van der Waals surface area (Å²) >= 11 is 0. The van der Waals surface area contributed by atoms with Gasteiger partial charge in [0, 0.05) is 6.07 Å². The van der Waals surface area contributed by atoms with Crippen LogP contribution in [0.15, 0.2) is 22.7 Å². The Morgan fingerprint density at radius 1 is 1.60 bits per heavy atom. The number of amides is 1. The van der Waals surface area contributed by atoms with Crippen LogP contribution in [0.25, 0.3) is 0 Å². The van der Waals surface area contributed by atoms with Gasteiger partial charge in [-0.05, 0) is 6.92 Å². The molecule has 3 aliphatic heterocycles. The second-order valence-electron chi connectivity index (χ2n) is 5.46. The first-order chi connectivity index (χ1) is 9.52. The molecule has 7 nitrogen and oxygen atoms in total. The molecule has 4 heterocycles.